The summed E-state index contributed by atoms with van der Waals surface area (Å²) in [6, 6.07) is 8.14. The van der Waals surface area contributed by atoms with Crippen LogP contribution in [-0.2, 0) is 21.0 Å². The van der Waals surface area contributed by atoms with E-state index in [4.69, 9.17) is 23.1 Å². The van der Waals surface area contributed by atoms with E-state index in [-0.39, 0.29) is 58.6 Å². The molecule has 20 heteroatoms. The molecule has 15 nitrogen and oxygen atoms in total. The van der Waals surface area contributed by atoms with E-state index in [0.717, 1.165) is 12.3 Å². The molecule has 268 valence electrons. The maximum Gasteiger partial charge on any atom is 0.417 e. The highest BCUT2D eigenvalue weighted by molar-refractivity contribution is 7.89. The number of benzene rings is 1. The maximum atomic E-state index is 13.7. The number of hydrogen-bond donors (Lipinski definition) is 5. The van der Waals surface area contributed by atoms with Crippen LogP contribution < -0.4 is 32.3 Å². The van der Waals surface area contributed by atoms with Crippen molar-refractivity contribution >= 4 is 50.9 Å². The van der Waals surface area contributed by atoms with Crippen molar-refractivity contribution in [3.8, 4) is 0 Å². The van der Waals surface area contributed by atoms with Gasteiger partial charge < -0.3 is 31.9 Å². The van der Waals surface area contributed by atoms with Gasteiger partial charge in [0.15, 0.2) is 11.1 Å². The molecule has 7 N–H and O–H groups in total. The summed E-state index contributed by atoms with van der Waals surface area (Å²) in [5, 5.41) is 8.50. The van der Waals surface area contributed by atoms with Crippen molar-refractivity contribution in [2.24, 2.45) is 21.5 Å². The third-order valence-corrected chi connectivity index (χ3v) is 11.2. The first-order valence-electron chi connectivity index (χ1n) is 15.7. The van der Waals surface area contributed by atoms with Crippen molar-refractivity contribution < 1.29 is 31.2 Å². The summed E-state index contributed by atoms with van der Waals surface area (Å²) >= 11 is 5.93. The predicted octanol–water partition coefficient (Wildman–Crippen LogP) is 0.705. The third-order valence-electron chi connectivity index (χ3n) is 9.02. The average Bonchev–Trinajstić information content (AvgIpc) is 3.29. The smallest absolute Gasteiger partial charge is 0.383 e. The molecule has 50 heavy (non-hydrogen) atoms. The molecule has 0 saturated carbocycles. The Morgan fingerprint density at radius 2 is 1.82 bits per heavy atom. The second-order valence-corrected chi connectivity index (χ2v) is 14.6. The number of nitrogens with zero attached hydrogens (tertiary/aromatic N) is 6. The normalized spacial score (nSPS) is 21.6. The molecule has 2 aromatic rings. The summed E-state index contributed by atoms with van der Waals surface area (Å²) in [4.78, 5) is 42.0. The molecule has 2 fully saturated rings. The first kappa shape index (κ1) is 35.4. The minimum absolute atomic E-state index is 0.0267. The van der Waals surface area contributed by atoms with Gasteiger partial charge in [-0.1, -0.05) is 17.7 Å². The highest BCUT2D eigenvalue weighted by Crippen LogP contribution is 2.30. The number of halogens is 4. The van der Waals surface area contributed by atoms with Gasteiger partial charge in [-0.2, -0.15) is 17.5 Å². The summed E-state index contributed by atoms with van der Waals surface area (Å²) in [6.45, 7) is 2.02. The third kappa shape index (κ3) is 7.35. The van der Waals surface area contributed by atoms with Crippen LogP contribution in [0.15, 0.2) is 68.5 Å². The van der Waals surface area contributed by atoms with Crippen LogP contribution in [0.4, 0.5) is 19.0 Å². The first-order chi connectivity index (χ1) is 23.6. The number of likely N-dealkylation sites (tertiary alicyclic amines) is 1. The van der Waals surface area contributed by atoms with Crippen LogP contribution >= 0.6 is 11.6 Å². The van der Waals surface area contributed by atoms with Crippen molar-refractivity contribution in [3.63, 3.8) is 0 Å². The van der Waals surface area contributed by atoms with Crippen molar-refractivity contribution in [2.45, 2.75) is 42.0 Å². The highest BCUT2D eigenvalue weighted by atomic mass is 35.5. The molecule has 0 radical (unpaired) electrons. The van der Waals surface area contributed by atoms with Gasteiger partial charge in [-0.3, -0.25) is 19.9 Å². The molecule has 2 saturated heterocycles. The summed E-state index contributed by atoms with van der Waals surface area (Å²) in [5.41, 5.74) is 10.4. The lowest BCUT2D eigenvalue weighted by Gasteiger charge is -2.39. The Balaban J connectivity index is 1.04. The molecule has 1 spiro atoms. The van der Waals surface area contributed by atoms with Crippen LogP contribution in [-0.4, -0.2) is 104 Å². The van der Waals surface area contributed by atoms with Crippen LogP contribution in [0.1, 0.15) is 35.2 Å². The van der Waals surface area contributed by atoms with E-state index in [9.17, 15) is 31.2 Å². The van der Waals surface area contributed by atoms with E-state index in [1.54, 1.807) is 15.9 Å². The van der Waals surface area contributed by atoms with Gasteiger partial charge in [0.1, 0.15) is 23.5 Å². The Hall–Kier alpha value is -4.46. The lowest BCUT2D eigenvalue weighted by Crippen LogP contribution is -2.59. The summed E-state index contributed by atoms with van der Waals surface area (Å²) in [7, 11) is -3.98. The summed E-state index contributed by atoms with van der Waals surface area (Å²) in [6.07, 6.45) is -3.22. The molecule has 1 aromatic carbocycles. The fraction of sp³-hybridized carbons (Fsp3) is 0.433. The number of aromatic nitrogens is 1. The van der Waals surface area contributed by atoms with E-state index in [1.165, 1.54) is 28.6 Å². The number of nitrogens with one attached hydrogen (secondary N) is 3. The molecule has 6 rings (SSSR count). The number of amides is 2. The van der Waals surface area contributed by atoms with Crippen molar-refractivity contribution in [1.82, 2.24) is 30.1 Å². The average molecular weight is 738 g/mol. The Labute approximate surface area is 290 Å². The monoisotopic (exact) mass is 737 g/mol. The van der Waals surface area contributed by atoms with Crippen molar-refractivity contribution in [1.29, 1.82) is 0 Å². The zero-order chi connectivity index (χ0) is 35.8. The largest absolute Gasteiger partial charge is 0.417 e. The number of anilines is 1. The number of aliphatic imine (C=N–C) groups is 2. The number of guanidine groups is 1. The minimum Gasteiger partial charge on any atom is -0.383 e. The van der Waals surface area contributed by atoms with Gasteiger partial charge in [0.05, 0.1) is 22.5 Å². The predicted molar refractivity (Wildman–Crippen MR) is 178 cm³/mol. The van der Waals surface area contributed by atoms with E-state index in [2.05, 4.69) is 30.9 Å². The molecule has 1 atom stereocenters. The number of rotatable bonds is 5. The van der Waals surface area contributed by atoms with Crippen LogP contribution in [0.25, 0.3) is 0 Å². The van der Waals surface area contributed by atoms with Crippen LogP contribution in [0, 0.1) is 0 Å². The second kappa shape index (κ2) is 13.7. The topological polar surface area (TPSA) is 204 Å². The summed E-state index contributed by atoms with van der Waals surface area (Å²) < 4.78 is 67.5. The van der Waals surface area contributed by atoms with Gasteiger partial charge >= 0.3 is 6.18 Å². The Morgan fingerprint density at radius 1 is 1.06 bits per heavy atom. The Bertz CT molecular complexity index is 1860. The molecule has 1 aromatic heterocycles. The lowest BCUT2D eigenvalue weighted by molar-refractivity contribution is -0.137. The van der Waals surface area contributed by atoms with Gasteiger partial charge in [0.2, 0.25) is 10.0 Å². The highest BCUT2D eigenvalue weighted by Gasteiger charge is 2.41. The van der Waals surface area contributed by atoms with Gasteiger partial charge in [-0.05, 0) is 49.6 Å². The number of piperidine rings is 1. The molecule has 2 amide bonds. The zero-order valence-corrected chi connectivity index (χ0v) is 28.2. The molecule has 5 heterocycles. The molecule has 0 bridgehead atoms. The van der Waals surface area contributed by atoms with Gasteiger partial charge in [0.25, 0.3) is 11.8 Å². The van der Waals surface area contributed by atoms with Crippen LogP contribution in [0.2, 0.25) is 0 Å². The quantitative estimate of drug-likeness (QED) is 0.272. The number of alkyl halides is 3. The fourth-order valence-electron chi connectivity index (χ4n) is 6.17. The number of hydrogen-bond acceptors (Lipinski definition) is 12. The minimum atomic E-state index is -4.50. The molecule has 1 unspecified atom stereocenters. The molecule has 4 aliphatic heterocycles. The van der Waals surface area contributed by atoms with Crippen molar-refractivity contribution in [2.75, 3.05) is 50.7 Å². The molecular weight excluding hydrogens is 703 g/mol. The van der Waals surface area contributed by atoms with Gasteiger partial charge in [-0.25, -0.2) is 18.4 Å². The maximum absolute atomic E-state index is 13.7. The lowest BCUT2D eigenvalue weighted by atomic mass is 9.88. The molecular formula is C30H35ClF3N11O4S. The van der Waals surface area contributed by atoms with Crippen molar-refractivity contribution in [3.05, 3.63) is 64.7 Å². The van der Waals surface area contributed by atoms with Gasteiger partial charge in [0, 0.05) is 51.0 Å². The summed E-state index contributed by atoms with van der Waals surface area (Å²) in [5.74, 6) is -0.284. The van der Waals surface area contributed by atoms with E-state index in [1.807, 2.05) is 0 Å². The number of nitrogens with two attached hydrogens (primary N) is 2. The fourth-order valence-corrected chi connectivity index (χ4v) is 7.83. The van der Waals surface area contributed by atoms with Crippen LogP contribution in [0.5, 0.6) is 0 Å². The van der Waals surface area contributed by atoms with E-state index < -0.39 is 39.4 Å². The van der Waals surface area contributed by atoms with Gasteiger partial charge in [-0.15, -0.1) is 0 Å². The number of sulfonamides is 1. The van der Waals surface area contributed by atoms with E-state index >= 15 is 0 Å². The number of pyridine rings is 1. The number of carbonyl (C=O) groups excluding carboxylic acids is 2. The second-order valence-electron chi connectivity index (χ2n) is 12.3. The number of carbonyl (C=O) groups is 2. The Kier molecular flexibility index (Phi) is 9.68. The van der Waals surface area contributed by atoms with E-state index in [0.29, 0.717) is 51.3 Å². The zero-order valence-electron chi connectivity index (χ0n) is 26.6. The molecule has 4 aliphatic rings. The standard InChI is InChI=1S/C30H35ClF3N11O4S/c31-23-25(36)40-24(35)22(39-23)26(46)41-28-38-17-29(42-28)7-11-44(12-8-29)27(47)18-3-1-4-20(15-18)50(48,49)45-10-2-9-43(13-14-45)21-6-5-19(16-37-21)30(32,33)34/h1,3-6,15-16,24,40H,2,7-14,17,35-36H2,(H2,38,41,42,46). The SMILES string of the molecule is NC1=C(Cl)N=C(C(=O)NC2=NCC3(CCN(C(=O)c4cccc(S(=O)(=O)N5CCCN(c6ccc(C(F)(F)F)cn6)CC5)c4)CC3)N2)C(N)N1. The molecule has 0 aliphatic carbocycles. The first-order valence-corrected chi connectivity index (χ1v) is 17.5. The van der Waals surface area contributed by atoms with Crippen LogP contribution in [0.3, 0.4) is 0 Å². The Morgan fingerprint density at radius 3 is 2.52 bits per heavy atom.